The van der Waals surface area contributed by atoms with E-state index in [1.807, 2.05) is 34.5 Å². The van der Waals surface area contributed by atoms with E-state index in [1.165, 1.54) is 11.1 Å². The first-order valence-electron chi connectivity index (χ1n) is 10.5. The van der Waals surface area contributed by atoms with Crippen molar-refractivity contribution in [2.75, 3.05) is 7.11 Å². The molecule has 0 radical (unpaired) electrons. The number of rotatable bonds is 8. The largest absolute Gasteiger partial charge is 0.497 e. The fraction of sp³-hybridized carbons (Fsp3) is 0.360. The van der Waals surface area contributed by atoms with Crippen LogP contribution in [0.15, 0.2) is 41.8 Å². The summed E-state index contributed by atoms with van der Waals surface area (Å²) in [6.07, 6.45) is 2.10. The van der Waals surface area contributed by atoms with Crippen LogP contribution in [0.5, 0.6) is 11.5 Å². The van der Waals surface area contributed by atoms with Crippen molar-refractivity contribution in [1.29, 1.82) is 0 Å². The smallest absolute Gasteiger partial charge is 0.254 e. The normalized spacial score (nSPS) is 13.2. The van der Waals surface area contributed by atoms with Gasteiger partial charge >= 0.3 is 0 Å². The highest BCUT2D eigenvalue weighted by Crippen LogP contribution is 2.31. The van der Waals surface area contributed by atoms with Crippen LogP contribution < -0.4 is 9.47 Å². The number of hydrogen-bond acceptors (Lipinski definition) is 5. The number of ether oxygens (including phenoxy) is 2. The first-order chi connectivity index (χ1) is 14.9. The molecule has 1 aromatic heterocycles. The summed E-state index contributed by atoms with van der Waals surface area (Å²) in [6.45, 7) is 7.21. The Bertz CT molecular complexity index is 1070. The monoisotopic (exact) mass is 436 g/mol. The second kappa shape index (κ2) is 9.10. The van der Waals surface area contributed by atoms with Crippen LogP contribution in [0.25, 0.3) is 0 Å². The van der Waals surface area contributed by atoms with Gasteiger partial charge in [-0.3, -0.25) is 4.79 Å². The van der Waals surface area contributed by atoms with Gasteiger partial charge in [0.25, 0.3) is 5.91 Å². The van der Waals surface area contributed by atoms with Gasteiger partial charge in [-0.2, -0.15) is 0 Å². The van der Waals surface area contributed by atoms with E-state index in [1.54, 1.807) is 18.4 Å². The number of nitrogens with zero attached hydrogens (tertiary/aromatic N) is 2. The summed E-state index contributed by atoms with van der Waals surface area (Å²) in [6, 6.07) is 11.8. The molecule has 162 valence electrons. The van der Waals surface area contributed by atoms with Crippen LogP contribution in [0.2, 0.25) is 0 Å². The number of thiazole rings is 1. The van der Waals surface area contributed by atoms with E-state index >= 15 is 0 Å². The van der Waals surface area contributed by atoms with Crippen LogP contribution in [0, 0.1) is 20.8 Å². The Kier molecular flexibility index (Phi) is 6.28. The quantitative estimate of drug-likeness (QED) is 0.470. The van der Waals surface area contributed by atoms with E-state index < -0.39 is 0 Å². The molecule has 1 saturated carbocycles. The average Bonchev–Trinajstić information content (AvgIpc) is 3.52. The molecule has 6 heteroatoms. The Labute approximate surface area is 187 Å². The number of aryl methyl sites for hydroxylation is 2. The third-order valence-corrected chi connectivity index (χ3v) is 6.50. The van der Waals surface area contributed by atoms with Crippen molar-refractivity contribution >= 4 is 17.2 Å². The van der Waals surface area contributed by atoms with Gasteiger partial charge in [-0.15, -0.1) is 11.3 Å². The van der Waals surface area contributed by atoms with Crippen molar-refractivity contribution in [3.63, 3.8) is 0 Å². The Hall–Kier alpha value is -2.86. The summed E-state index contributed by atoms with van der Waals surface area (Å²) < 4.78 is 11.3. The number of benzene rings is 2. The van der Waals surface area contributed by atoms with Crippen molar-refractivity contribution in [3.8, 4) is 11.5 Å². The molecule has 1 aliphatic carbocycles. The van der Waals surface area contributed by atoms with E-state index in [0.29, 0.717) is 24.8 Å². The standard InChI is InChI=1S/C25H28N2O3S/c1-16-11-17(2)18(3)23(12-16)30-14-24-26-20(15-31-24)13-27(21-7-8-21)25(28)19-5-9-22(29-4)10-6-19/h5-6,9-12,15,21H,7-8,13-14H2,1-4H3. The number of amides is 1. The lowest BCUT2D eigenvalue weighted by Crippen LogP contribution is -2.32. The van der Waals surface area contributed by atoms with Crippen LogP contribution >= 0.6 is 11.3 Å². The number of carbonyl (C=O) groups excluding carboxylic acids is 1. The molecule has 5 nitrogen and oxygen atoms in total. The molecule has 0 aliphatic heterocycles. The van der Waals surface area contributed by atoms with Crippen molar-refractivity contribution in [2.24, 2.45) is 0 Å². The second-order valence-corrected chi connectivity index (χ2v) is 9.06. The molecule has 0 spiro atoms. The lowest BCUT2D eigenvalue weighted by molar-refractivity contribution is 0.0728. The van der Waals surface area contributed by atoms with Crippen molar-refractivity contribution in [2.45, 2.75) is 52.8 Å². The zero-order chi connectivity index (χ0) is 22.0. The minimum atomic E-state index is 0.0433. The molecule has 0 unspecified atom stereocenters. The number of methoxy groups -OCH3 is 1. The first-order valence-corrected chi connectivity index (χ1v) is 11.4. The molecule has 0 atom stereocenters. The molecule has 3 aromatic rings. The second-order valence-electron chi connectivity index (χ2n) is 8.12. The molecule has 1 heterocycles. The van der Waals surface area contributed by atoms with Gasteiger partial charge in [0.1, 0.15) is 23.1 Å². The number of aromatic nitrogens is 1. The predicted molar refractivity (Wildman–Crippen MR) is 123 cm³/mol. The molecule has 1 fully saturated rings. The average molecular weight is 437 g/mol. The molecule has 1 amide bonds. The fourth-order valence-corrected chi connectivity index (χ4v) is 4.30. The van der Waals surface area contributed by atoms with E-state index in [2.05, 4.69) is 32.9 Å². The van der Waals surface area contributed by atoms with E-state index in [-0.39, 0.29) is 5.91 Å². The van der Waals surface area contributed by atoms with Crippen molar-refractivity contribution in [3.05, 3.63) is 74.7 Å². The summed E-state index contributed by atoms with van der Waals surface area (Å²) in [5.74, 6) is 1.70. The molecule has 0 saturated heterocycles. The van der Waals surface area contributed by atoms with Gasteiger partial charge in [0.05, 0.1) is 19.3 Å². The zero-order valence-corrected chi connectivity index (χ0v) is 19.3. The van der Waals surface area contributed by atoms with Crippen LogP contribution in [-0.4, -0.2) is 28.9 Å². The SMILES string of the molecule is COc1ccc(C(=O)N(Cc2csc(COc3cc(C)cc(C)c3C)n2)C2CC2)cc1. The molecule has 4 rings (SSSR count). The molecular formula is C25H28N2O3S. The highest BCUT2D eigenvalue weighted by Gasteiger charge is 2.33. The van der Waals surface area contributed by atoms with Gasteiger partial charge in [0.15, 0.2) is 0 Å². The first kappa shape index (κ1) is 21.4. The van der Waals surface area contributed by atoms with Gasteiger partial charge in [-0.05, 0) is 80.6 Å². The fourth-order valence-electron chi connectivity index (χ4n) is 3.60. The Morgan fingerprint density at radius 2 is 1.90 bits per heavy atom. The third-order valence-electron chi connectivity index (χ3n) is 5.63. The molecule has 1 aliphatic rings. The molecule has 31 heavy (non-hydrogen) atoms. The number of hydrogen-bond donors (Lipinski definition) is 0. The summed E-state index contributed by atoms with van der Waals surface area (Å²) in [5, 5.41) is 2.95. The molecule has 0 bridgehead atoms. The minimum Gasteiger partial charge on any atom is -0.497 e. The molecular weight excluding hydrogens is 408 g/mol. The van der Waals surface area contributed by atoms with Crippen molar-refractivity contribution < 1.29 is 14.3 Å². The maximum atomic E-state index is 13.1. The van der Waals surface area contributed by atoms with Gasteiger partial charge in [-0.25, -0.2) is 4.98 Å². The molecule has 2 aromatic carbocycles. The van der Waals surface area contributed by atoms with Crippen molar-refractivity contribution in [1.82, 2.24) is 9.88 Å². The van der Waals surface area contributed by atoms with E-state index in [0.717, 1.165) is 40.6 Å². The Morgan fingerprint density at radius 1 is 1.16 bits per heavy atom. The van der Waals surface area contributed by atoms with Crippen LogP contribution in [0.3, 0.4) is 0 Å². The van der Waals surface area contributed by atoms with Gasteiger partial charge in [0, 0.05) is 17.0 Å². The van der Waals surface area contributed by atoms with Gasteiger partial charge in [0.2, 0.25) is 0 Å². The minimum absolute atomic E-state index is 0.0433. The highest BCUT2D eigenvalue weighted by molar-refractivity contribution is 7.09. The Balaban J connectivity index is 1.42. The van der Waals surface area contributed by atoms with E-state index in [9.17, 15) is 4.79 Å². The maximum Gasteiger partial charge on any atom is 0.254 e. The Morgan fingerprint density at radius 3 is 2.58 bits per heavy atom. The summed E-state index contributed by atoms with van der Waals surface area (Å²) in [7, 11) is 1.62. The van der Waals surface area contributed by atoms with Crippen LogP contribution in [0.1, 0.15) is 50.6 Å². The van der Waals surface area contributed by atoms with Gasteiger partial charge in [-0.1, -0.05) is 6.07 Å². The van der Waals surface area contributed by atoms with Crippen LogP contribution in [-0.2, 0) is 13.2 Å². The maximum absolute atomic E-state index is 13.1. The number of carbonyl (C=O) groups is 1. The third kappa shape index (κ3) is 5.07. The lowest BCUT2D eigenvalue weighted by Gasteiger charge is -2.21. The lowest BCUT2D eigenvalue weighted by atomic mass is 10.1. The zero-order valence-electron chi connectivity index (χ0n) is 18.5. The summed E-state index contributed by atoms with van der Waals surface area (Å²) >= 11 is 1.58. The summed E-state index contributed by atoms with van der Waals surface area (Å²) in [4.78, 5) is 19.8. The predicted octanol–water partition coefficient (Wildman–Crippen LogP) is 5.46. The van der Waals surface area contributed by atoms with Crippen LogP contribution in [0.4, 0.5) is 0 Å². The topological polar surface area (TPSA) is 51.7 Å². The molecule has 0 N–H and O–H groups in total. The summed E-state index contributed by atoms with van der Waals surface area (Å²) in [5.41, 5.74) is 5.17. The highest BCUT2D eigenvalue weighted by atomic mass is 32.1. The van der Waals surface area contributed by atoms with Gasteiger partial charge < -0.3 is 14.4 Å². The van der Waals surface area contributed by atoms with E-state index in [4.69, 9.17) is 14.5 Å².